The number of hydrogen-bond acceptors (Lipinski definition) is 4. The van der Waals surface area contributed by atoms with Crippen molar-refractivity contribution in [3.63, 3.8) is 0 Å². The summed E-state index contributed by atoms with van der Waals surface area (Å²) in [4.78, 5) is 4.28. The van der Waals surface area contributed by atoms with Gasteiger partial charge in [0.25, 0.3) is 0 Å². The molecule has 2 rings (SSSR count). The average Bonchev–Trinajstić information content (AvgIpc) is 2.71. The van der Waals surface area contributed by atoms with Gasteiger partial charge in [-0.15, -0.1) is 0 Å². The fourth-order valence-electron chi connectivity index (χ4n) is 1.68. The van der Waals surface area contributed by atoms with Crippen LogP contribution in [0.4, 0.5) is 0 Å². The fraction of sp³-hybridized carbons (Fsp3) is 0.600. The molecule has 1 aliphatic heterocycles. The molecule has 1 aromatic rings. The number of likely N-dealkylation sites (N-methyl/N-ethyl adjacent to an activating group) is 1. The van der Waals surface area contributed by atoms with Crippen molar-refractivity contribution in [2.75, 3.05) is 33.2 Å². The molecular formula is C10H16N2O2. The molecule has 1 atom stereocenters. The van der Waals surface area contributed by atoms with E-state index in [9.17, 15) is 5.11 Å². The summed E-state index contributed by atoms with van der Waals surface area (Å²) in [6, 6.07) is 3.61. The van der Waals surface area contributed by atoms with Crippen molar-refractivity contribution in [3.8, 4) is 0 Å². The summed E-state index contributed by atoms with van der Waals surface area (Å²) < 4.78 is 5.17. The third-order valence-corrected chi connectivity index (χ3v) is 2.68. The van der Waals surface area contributed by atoms with Crippen molar-refractivity contribution < 1.29 is 9.52 Å². The topological polar surface area (TPSA) is 39.9 Å². The van der Waals surface area contributed by atoms with Crippen LogP contribution in [0.1, 0.15) is 12.0 Å². The minimum Gasteiger partial charge on any atom is -0.465 e. The Morgan fingerprint density at radius 1 is 1.36 bits per heavy atom. The molecule has 0 radical (unpaired) electrons. The minimum absolute atomic E-state index is 0.585. The predicted octanol–water partition coefficient (Wildman–Crippen LogP) is 0.518. The average molecular weight is 196 g/mol. The molecule has 0 aromatic carbocycles. The summed E-state index contributed by atoms with van der Waals surface area (Å²) in [6.07, 6.45) is 1.01. The molecule has 1 fully saturated rings. The highest BCUT2D eigenvalue weighted by molar-refractivity contribution is 5.01. The number of piperazine rings is 1. The Morgan fingerprint density at radius 3 is 2.64 bits per heavy atom. The Labute approximate surface area is 83.7 Å². The summed E-state index contributed by atoms with van der Waals surface area (Å²) in [5.74, 6) is 0.634. The molecule has 1 aliphatic rings. The first-order chi connectivity index (χ1) is 6.77. The zero-order valence-electron chi connectivity index (χ0n) is 8.39. The number of aliphatic hydroxyl groups excluding tert-OH is 1. The highest BCUT2D eigenvalue weighted by atomic mass is 16.4. The molecule has 1 N–H and O–H groups in total. The molecular weight excluding hydrogens is 180 g/mol. The maximum atomic E-state index is 9.93. The molecule has 78 valence electrons. The molecule has 4 heteroatoms. The lowest BCUT2D eigenvalue weighted by Gasteiger charge is -2.34. The molecule has 0 saturated carbocycles. The Balaban J connectivity index is 1.95. The number of hydrogen-bond donors (Lipinski definition) is 1. The predicted molar refractivity (Wildman–Crippen MR) is 52.7 cm³/mol. The Kier molecular flexibility index (Phi) is 2.86. The van der Waals surface area contributed by atoms with Gasteiger partial charge in [0.15, 0.2) is 6.23 Å². The molecule has 14 heavy (non-hydrogen) atoms. The van der Waals surface area contributed by atoms with Crippen molar-refractivity contribution in [1.82, 2.24) is 9.80 Å². The van der Waals surface area contributed by atoms with Crippen LogP contribution < -0.4 is 0 Å². The van der Waals surface area contributed by atoms with Crippen LogP contribution in [0.5, 0.6) is 0 Å². The SMILES string of the molecule is CN1CCN(C(O)c2ccco2)CC1. The molecule has 4 nitrogen and oxygen atoms in total. The van der Waals surface area contributed by atoms with Crippen LogP contribution in [0, 0.1) is 0 Å². The smallest absolute Gasteiger partial charge is 0.166 e. The summed E-state index contributed by atoms with van der Waals surface area (Å²) in [5, 5.41) is 9.93. The lowest BCUT2D eigenvalue weighted by Crippen LogP contribution is -2.45. The molecule has 1 unspecified atom stereocenters. The first-order valence-corrected chi connectivity index (χ1v) is 4.91. The van der Waals surface area contributed by atoms with E-state index in [0.717, 1.165) is 26.2 Å². The molecule has 0 bridgehead atoms. The quantitative estimate of drug-likeness (QED) is 0.748. The second-order valence-corrected chi connectivity index (χ2v) is 3.73. The van der Waals surface area contributed by atoms with E-state index in [1.165, 1.54) is 0 Å². The lowest BCUT2D eigenvalue weighted by atomic mass is 10.3. The minimum atomic E-state index is -0.585. The molecule has 0 aliphatic carbocycles. The van der Waals surface area contributed by atoms with Crippen molar-refractivity contribution >= 4 is 0 Å². The van der Waals surface area contributed by atoms with Crippen LogP contribution in [-0.2, 0) is 0 Å². The van der Waals surface area contributed by atoms with E-state index in [1.54, 1.807) is 12.3 Å². The number of nitrogens with zero attached hydrogens (tertiary/aromatic N) is 2. The van der Waals surface area contributed by atoms with Gasteiger partial charge in [-0.3, -0.25) is 4.90 Å². The first-order valence-electron chi connectivity index (χ1n) is 4.91. The largest absolute Gasteiger partial charge is 0.465 e. The van der Waals surface area contributed by atoms with Crippen LogP contribution in [0.15, 0.2) is 22.8 Å². The highest BCUT2D eigenvalue weighted by Crippen LogP contribution is 2.19. The number of rotatable bonds is 2. The van der Waals surface area contributed by atoms with E-state index >= 15 is 0 Å². The van der Waals surface area contributed by atoms with E-state index in [4.69, 9.17) is 4.42 Å². The monoisotopic (exact) mass is 196 g/mol. The number of aliphatic hydroxyl groups is 1. The van der Waals surface area contributed by atoms with Gasteiger partial charge in [-0.2, -0.15) is 0 Å². The third kappa shape index (κ3) is 1.97. The second kappa shape index (κ2) is 4.13. The molecule has 1 aromatic heterocycles. The third-order valence-electron chi connectivity index (χ3n) is 2.68. The maximum Gasteiger partial charge on any atom is 0.166 e. The summed E-state index contributed by atoms with van der Waals surface area (Å²) >= 11 is 0. The van der Waals surface area contributed by atoms with E-state index in [0.29, 0.717) is 5.76 Å². The summed E-state index contributed by atoms with van der Waals surface area (Å²) in [7, 11) is 2.09. The van der Waals surface area contributed by atoms with E-state index < -0.39 is 6.23 Å². The Morgan fingerprint density at radius 2 is 2.07 bits per heavy atom. The van der Waals surface area contributed by atoms with Gasteiger partial charge in [-0.25, -0.2) is 0 Å². The molecule has 1 saturated heterocycles. The normalized spacial score (nSPS) is 22.4. The Hall–Kier alpha value is -0.840. The maximum absolute atomic E-state index is 9.93. The van der Waals surface area contributed by atoms with Gasteiger partial charge in [-0.1, -0.05) is 0 Å². The highest BCUT2D eigenvalue weighted by Gasteiger charge is 2.23. The van der Waals surface area contributed by atoms with Gasteiger partial charge in [0, 0.05) is 26.2 Å². The zero-order valence-corrected chi connectivity index (χ0v) is 8.39. The van der Waals surface area contributed by atoms with Crippen molar-refractivity contribution in [2.24, 2.45) is 0 Å². The van der Waals surface area contributed by atoms with Crippen molar-refractivity contribution in [2.45, 2.75) is 6.23 Å². The molecule has 2 heterocycles. The van der Waals surface area contributed by atoms with E-state index in [1.807, 2.05) is 11.0 Å². The zero-order chi connectivity index (χ0) is 9.97. The first kappa shape index (κ1) is 9.71. The van der Waals surface area contributed by atoms with Gasteiger partial charge in [0.2, 0.25) is 0 Å². The van der Waals surface area contributed by atoms with Gasteiger partial charge in [0.05, 0.1) is 6.26 Å². The van der Waals surface area contributed by atoms with Gasteiger partial charge in [0.1, 0.15) is 5.76 Å². The van der Waals surface area contributed by atoms with Gasteiger partial charge >= 0.3 is 0 Å². The van der Waals surface area contributed by atoms with Crippen LogP contribution in [0.2, 0.25) is 0 Å². The van der Waals surface area contributed by atoms with Crippen molar-refractivity contribution in [3.05, 3.63) is 24.2 Å². The van der Waals surface area contributed by atoms with Crippen molar-refractivity contribution in [1.29, 1.82) is 0 Å². The molecule has 0 spiro atoms. The number of furan rings is 1. The summed E-state index contributed by atoms with van der Waals surface area (Å²) in [5.41, 5.74) is 0. The van der Waals surface area contributed by atoms with Gasteiger partial charge < -0.3 is 14.4 Å². The van der Waals surface area contributed by atoms with E-state index in [2.05, 4.69) is 11.9 Å². The van der Waals surface area contributed by atoms with Crippen LogP contribution >= 0.6 is 0 Å². The van der Waals surface area contributed by atoms with Crippen LogP contribution in [-0.4, -0.2) is 48.1 Å². The standard InChI is InChI=1S/C10H16N2O2/c1-11-4-6-12(7-5-11)10(13)9-3-2-8-14-9/h2-3,8,10,13H,4-7H2,1H3. The summed E-state index contributed by atoms with van der Waals surface area (Å²) in [6.45, 7) is 3.77. The Bertz CT molecular complexity index is 266. The lowest BCUT2D eigenvalue weighted by molar-refractivity contribution is -0.0361. The molecule has 0 amide bonds. The van der Waals surface area contributed by atoms with Crippen LogP contribution in [0.3, 0.4) is 0 Å². The second-order valence-electron chi connectivity index (χ2n) is 3.73. The van der Waals surface area contributed by atoms with Crippen LogP contribution in [0.25, 0.3) is 0 Å². The van der Waals surface area contributed by atoms with Gasteiger partial charge in [-0.05, 0) is 19.2 Å². The van der Waals surface area contributed by atoms with E-state index in [-0.39, 0.29) is 0 Å². The fourth-order valence-corrected chi connectivity index (χ4v) is 1.68.